The Labute approximate surface area is 104 Å². The van der Waals surface area contributed by atoms with Gasteiger partial charge in [-0.1, -0.05) is 13.8 Å². The highest BCUT2D eigenvalue weighted by Gasteiger charge is 2.10. The molecule has 0 spiro atoms. The monoisotopic (exact) mass is 264 g/mol. The molecule has 5 nitrogen and oxygen atoms in total. The Morgan fingerprint density at radius 2 is 2.00 bits per heavy atom. The van der Waals surface area contributed by atoms with E-state index in [4.69, 9.17) is 9.84 Å². The molecule has 0 rings (SSSR count). The van der Waals surface area contributed by atoms with Crippen LogP contribution in [0.15, 0.2) is 0 Å². The van der Waals surface area contributed by atoms with Crippen molar-refractivity contribution in [3.63, 3.8) is 0 Å². The van der Waals surface area contributed by atoms with Crippen molar-refractivity contribution < 1.29 is 23.6 Å². The van der Waals surface area contributed by atoms with Gasteiger partial charge >= 0.3 is 11.9 Å². The third kappa shape index (κ3) is 11.4. The molecule has 0 amide bonds. The van der Waals surface area contributed by atoms with Crippen molar-refractivity contribution >= 4 is 22.7 Å². The second kappa shape index (κ2) is 9.15. The zero-order valence-corrected chi connectivity index (χ0v) is 11.1. The summed E-state index contributed by atoms with van der Waals surface area (Å²) in [7, 11) is -1.32. The fourth-order valence-electron chi connectivity index (χ4n) is 1.04. The van der Waals surface area contributed by atoms with E-state index in [1.54, 1.807) is 0 Å². The van der Waals surface area contributed by atoms with Crippen LogP contribution in [0.4, 0.5) is 0 Å². The van der Waals surface area contributed by atoms with E-state index in [1.165, 1.54) is 0 Å². The minimum atomic E-state index is -1.32. The molecule has 0 aromatic heterocycles. The molecule has 0 aliphatic carbocycles. The van der Waals surface area contributed by atoms with Crippen molar-refractivity contribution in [1.29, 1.82) is 0 Å². The number of carbonyl (C=O) groups excluding carboxylic acids is 1. The maximum absolute atomic E-state index is 11.3. The fraction of sp³-hybridized carbons (Fsp3) is 0.818. The van der Waals surface area contributed by atoms with Gasteiger partial charge in [0.15, 0.2) is 0 Å². The highest BCUT2D eigenvalue weighted by molar-refractivity contribution is 7.85. The largest absolute Gasteiger partial charge is 0.481 e. The summed E-state index contributed by atoms with van der Waals surface area (Å²) in [5.41, 5.74) is 0. The summed E-state index contributed by atoms with van der Waals surface area (Å²) in [4.78, 5) is 21.4. The van der Waals surface area contributed by atoms with Crippen molar-refractivity contribution in [1.82, 2.24) is 0 Å². The summed E-state index contributed by atoms with van der Waals surface area (Å²) in [5, 5.41) is 8.39. The number of ether oxygens (including phenoxy) is 1. The van der Waals surface area contributed by atoms with Crippen LogP contribution in [0.5, 0.6) is 0 Å². The summed E-state index contributed by atoms with van der Waals surface area (Å²) in [6, 6.07) is 0. The Morgan fingerprint density at radius 1 is 1.35 bits per heavy atom. The SMILES string of the molecule is CC(C)CCOC(=O)CS(=O)CCCC(=O)O. The predicted molar refractivity (Wildman–Crippen MR) is 65.2 cm³/mol. The maximum Gasteiger partial charge on any atom is 0.318 e. The Bertz CT molecular complexity index is 275. The average molecular weight is 264 g/mol. The minimum Gasteiger partial charge on any atom is -0.481 e. The van der Waals surface area contributed by atoms with Gasteiger partial charge in [0.05, 0.1) is 6.61 Å². The topological polar surface area (TPSA) is 80.7 Å². The third-order valence-electron chi connectivity index (χ3n) is 2.00. The summed E-state index contributed by atoms with van der Waals surface area (Å²) in [6.07, 6.45) is 1.09. The highest BCUT2D eigenvalue weighted by atomic mass is 32.2. The number of carbonyl (C=O) groups is 2. The molecule has 0 heterocycles. The van der Waals surface area contributed by atoms with Crippen molar-refractivity contribution in [2.24, 2.45) is 5.92 Å². The summed E-state index contributed by atoms with van der Waals surface area (Å²) in [6.45, 7) is 4.40. The van der Waals surface area contributed by atoms with Gasteiger partial charge in [-0.3, -0.25) is 13.8 Å². The van der Waals surface area contributed by atoms with Crippen LogP contribution >= 0.6 is 0 Å². The lowest BCUT2D eigenvalue weighted by molar-refractivity contribution is -0.140. The molecule has 6 heteroatoms. The number of hydrogen-bond donors (Lipinski definition) is 1. The highest BCUT2D eigenvalue weighted by Crippen LogP contribution is 2.00. The first-order chi connectivity index (χ1) is 7.91. The molecule has 0 saturated heterocycles. The molecule has 0 aliphatic rings. The van der Waals surface area contributed by atoms with Gasteiger partial charge in [-0.25, -0.2) is 0 Å². The van der Waals surface area contributed by atoms with Gasteiger partial charge in [0.2, 0.25) is 0 Å². The van der Waals surface area contributed by atoms with Crippen LogP contribution in [-0.4, -0.2) is 39.4 Å². The van der Waals surface area contributed by atoms with Crippen LogP contribution < -0.4 is 0 Å². The smallest absolute Gasteiger partial charge is 0.318 e. The molecule has 0 radical (unpaired) electrons. The number of hydrogen-bond acceptors (Lipinski definition) is 4. The maximum atomic E-state index is 11.3. The van der Waals surface area contributed by atoms with E-state index in [1.807, 2.05) is 13.8 Å². The Kier molecular flexibility index (Phi) is 8.66. The second-order valence-electron chi connectivity index (χ2n) is 4.19. The van der Waals surface area contributed by atoms with Crippen LogP contribution in [0.25, 0.3) is 0 Å². The number of rotatable bonds is 9. The zero-order chi connectivity index (χ0) is 13.3. The fourth-order valence-corrected chi connectivity index (χ4v) is 2.00. The van der Waals surface area contributed by atoms with E-state index in [-0.39, 0.29) is 17.9 Å². The average Bonchev–Trinajstić information content (AvgIpc) is 2.15. The van der Waals surface area contributed by atoms with Gasteiger partial charge in [0.25, 0.3) is 0 Å². The molecule has 1 unspecified atom stereocenters. The molecule has 0 saturated carbocycles. The normalized spacial score (nSPS) is 12.4. The van der Waals surface area contributed by atoms with Crippen molar-refractivity contribution in [3.8, 4) is 0 Å². The van der Waals surface area contributed by atoms with E-state index in [9.17, 15) is 13.8 Å². The number of carboxylic acids is 1. The van der Waals surface area contributed by atoms with Crippen LogP contribution in [0.1, 0.15) is 33.1 Å². The Hall–Kier alpha value is -0.910. The van der Waals surface area contributed by atoms with E-state index in [0.717, 1.165) is 6.42 Å². The first kappa shape index (κ1) is 16.1. The van der Waals surface area contributed by atoms with Crippen LogP contribution in [0.2, 0.25) is 0 Å². The molecule has 0 bridgehead atoms. The van der Waals surface area contributed by atoms with E-state index < -0.39 is 22.7 Å². The molecule has 0 fully saturated rings. The van der Waals surface area contributed by atoms with E-state index >= 15 is 0 Å². The van der Waals surface area contributed by atoms with Crippen LogP contribution in [-0.2, 0) is 25.1 Å². The van der Waals surface area contributed by atoms with Crippen molar-refractivity contribution in [2.45, 2.75) is 33.1 Å². The minimum absolute atomic E-state index is 0.0197. The third-order valence-corrected chi connectivity index (χ3v) is 3.30. The lowest BCUT2D eigenvalue weighted by Crippen LogP contribution is -2.17. The predicted octanol–water partition coefficient (Wildman–Crippen LogP) is 1.19. The van der Waals surface area contributed by atoms with Crippen molar-refractivity contribution in [2.75, 3.05) is 18.1 Å². The molecule has 0 aliphatic heterocycles. The zero-order valence-electron chi connectivity index (χ0n) is 10.3. The van der Waals surface area contributed by atoms with Gasteiger partial charge in [0.1, 0.15) is 5.75 Å². The first-order valence-corrected chi connectivity index (χ1v) is 7.13. The lowest BCUT2D eigenvalue weighted by atomic mass is 10.1. The number of esters is 1. The van der Waals surface area contributed by atoms with E-state index in [0.29, 0.717) is 18.9 Å². The molecule has 17 heavy (non-hydrogen) atoms. The summed E-state index contributed by atoms with van der Waals surface area (Å²) < 4.78 is 16.3. The first-order valence-electron chi connectivity index (χ1n) is 5.64. The quantitative estimate of drug-likeness (QED) is 0.633. The van der Waals surface area contributed by atoms with Crippen molar-refractivity contribution in [3.05, 3.63) is 0 Å². The Balaban J connectivity index is 3.59. The lowest BCUT2D eigenvalue weighted by Gasteiger charge is -2.06. The standard InChI is InChI=1S/C11H20O5S/c1-9(2)5-6-16-11(14)8-17(15)7-3-4-10(12)13/h9H,3-8H2,1-2H3,(H,12,13). The molecule has 0 aromatic rings. The molecular weight excluding hydrogens is 244 g/mol. The van der Waals surface area contributed by atoms with Crippen LogP contribution in [0, 0.1) is 5.92 Å². The number of carboxylic acid groups (broad SMARTS) is 1. The molecule has 1 atom stereocenters. The van der Waals surface area contributed by atoms with Gasteiger partial charge in [-0.15, -0.1) is 0 Å². The van der Waals surface area contributed by atoms with Gasteiger partial charge < -0.3 is 9.84 Å². The number of aliphatic carboxylic acids is 1. The molecule has 100 valence electrons. The summed E-state index contributed by atoms with van der Waals surface area (Å²) >= 11 is 0. The molecule has 1 N–H and O–H groups in total. The summed E-state index contributed by atoms with van der Waals surface area (Å²) in [5.74, 6) is -0.840. The van der Waals surface area contributed by atoms with Gasteiger partial charge in [-0.2, -0.15) is 0 Å². The second-order valence-corrected chi connectivity index (χ2v) is 5.77. The van der Waals surface area contributed by atoms with E-state index in [2.05, 4.69) is 0 Å². The van der Waals surface area contributed by atoms with Crippen LogP contribution in [0.3, 0.4) is 0 Å². The molecule has 0 aromatic carbocycles. The Morgan fingerprint density at radius 3 is 2.53 bits per heavy atom. The van der Waals surface area contributed by atoms with Gasteiger partial charge in [-0.05, 0) is 18.8 Å². The molecular formula is C11H20O5S. The van der Waals surface area contributed by atoms with Gasteiger partial charge in [0, 0.05) is 23.0 Å².